The van der Waals surface area contributed by atoms with Gasteiger partial charge in [-0.2, -0.15) is 0 Å². The zero-order valence-electron chi connectivity index (χ0n) is 8.33. The van der Waals surface area contributed by atoms with E-state index in [1.54, 1.807) is 0 Å². The molecule has 0 fully saturated rings. The zero-order chi connectivity index (χ0) is 10.8. The Morgan fingerprint density at radius 2 is 2.00 bits per heavy atom. The minimum absolute atomic E-state index is 0.367. The predicted molar refractivity (Wildman–Crippen MR) is 59.6 cm³/mol. The summed E-state index contributed by atoms with van der Waals surface area (Å²) in [5.41, 5.74) is 8.31. The van der Waals surface area contributed by atoms with Crippen LogP contribution in [0.3, 0.4) is 0 Å². The Bertz CT molecular complexity index is 462. The van der Waals surface area contributed by atoms with Crippen molar-refractivity contribution in [3.05, 3.63) is 40.6 Å². The molecule has 0 aliphatic heterocycles. The maximum atomic E-state index is 5.81. The Balaban J connectivity index is 2.45. The van der Waals surface area contributed by atoms with Gasteiger partial charge in [0.1, 0.15) is 5.69 Å². The van der Waals surface area contributed by atoms with Crippen molar-refractivity contribution in [3.63, 3.8) is 0 Å². The molecule has 4 heteroatoms. The molecule has 2 rings (SSSR count). The van der Waals surface area contributed by atoms with Gasteiger partial charge in [0.05, 0.1) is 6.54 Å². The number of nitrogens with two attached hydrogens (primary N) is 1. The third-order valence-electron chi connectivity index (χ3n) is 2.32. The van der Waals surface area contributed by atoms with Gasteiger partial charge in [0.2, 0.25) is 0 Å². The number of rotatable bonds is 2. The largest absolute Gasteiger partial charge is 0.359 e. The second-order valence-corrected chi connectivity index (χ2v) is 3.73. The first-order valence-corrected chi connectivity index (χ1v) is 5.01. The van der Waals surface area contributed by atoms with Crippen molar-refractivity contribution in [2.24, 2.45) is 5.73 Å². The molecule has 0 aliphatic carbocycles. The van der Waals surface area contributed by atoms with E-state index in [0.29, 0.717) is 11.6 Å². The maximum absolute atomic E-state index is 5.81. The van der Waals surface area contributed by atoms with Crippen molar-refractivity contribution in [2.45, 2.75) is 13.5 Å². The Kier molecular flexibility index (Phi) is 2.75. The quantitative estimate of drug-likeness (QED) is 0.850. The summed E-state index contributed by atoms with van der Waals surface area (Å²) in [6.45, 7) is 2.31. The molecule has 1 aromatic carbocycles. The summed E-state index contributed by atoms with van der Waals surface area (Å²) in [5.74, 6) is 0.722. The fraction of sp³-hybridized carbons (Fsp3) is 0.182. The Hall–Kier alpha value is -1.32. The summed E-state index contributed by atoms with van der Waals surface area (Å²) >= 11 is 5.81. The number of hydrogen-bond donors (Lipinski definition) is 1. The minimum Gasteiger partial charge on any atom is -0.359 e. The lowest BCUT2D eigenvalue weighted by Gasteiger charge is -1.97. The standard InChI is InChI=1S/C11H11ClN2O/c1-7-10(6-13)15-14-11(7)8-2-4-9(12)5-3-8/h2-5H,6,13H2,1H3. The van der Waals surface area contributed by atoms with Crippen LogP contribution in [-0.4, -0.2) is 5.16 Å². The third kappa shape index (κ3) is 1.89. The first-order chi connectivity index (χ1) is 7.22. The highest BCUT2D eigenvalue weighted by molar-refractivity contribution is 6.30. The molecule has 0 spiro atoms. The molecule has 0 saturated carbocycles. The van der Waals surface area contributed by atoms with E-state index in [0.717, 1.165) is 22.6 Å². The van der Waals surface area contributed by atoms with Crippen LogP contribution in [0.5, 0.6) is 0 Å². The smallest absolute Gasteiger partial charge is 0.153 e. The molecule has 15 heavy (non-hydrogen) atoms. The van der Waals surface area contributed by atoms with Crippen LogP contribution in [0.2, 0.25) is 5.02 Å². The monoisotopic (exact) mass is 222 g/mol. The lowest BCUT2D eigenvalue weighted by atomic mass is 10.1. The second-order valence-electron chi connectivity index (χ2n) is 3.29. The average molecular weight is 223 g/mol. The maximum Gasteiger partial charge on any atom is 0.153 e. The van der Waals surface area contributed by atoms with E-state index in [4.69, 9.17) is 21.9 Å². The van der Waals surface area contributed by atoms with Gasteiger partial charge in [-0.1, -0.05) is 28.9 Å². The SMILES string of the molecule is Cc1c(-c2ccc(Cl)cc2)noc1CN. The topological polar surface area (TPSA) is 52.0 Å². The zero-order valence-corrected chi connectivity index (χ0v) is 9.08. The average Bonchev–Trinajstić information content (AvgIpc) is 2.61. The molecule has 0 atom stereocenters. The predicted octanol–water partition coefficient (Wildman–Crippen LogP) is 2.76. The Labute approximate surface area is 92.8 Å². The van der Waals surface area contributed by atoms with Gasteiger partial charge in [-0.05, 0) is 19.1 Å². The summed E-state index contributed by atoms with van der Waals surface area (Å²) in [6.07, 6.45) is 0. The highest BCUT2D eigenvalue weighted by Crippen LogP contribution is 2.25. The van der Waals surface area contributed by atoms with E-state index in [9.17, 15) is 0 Å². The van der Waals surface area contributed by atoms with E-state index in [-0.39, 0.29) is 0 Å². The molecule has 2 N–H and O–H groups in total. The van der Waals surface area contributed by atoms with Crippen LogP contribution < -0.4 is 5.73 Å². The van der Waals surface area contributed by atoms with E-state index >= 15 is 0 Å². The van der Waals surface area contributed by atoms with Crippen LogP contribution in [0.1, 0.15) is 11.3 Å². The number of halogens is 1. The van der Waals surface area contributed by atoms with Gasteiger partial charge in [-0.3, -0.25) is 0 Å². The van der Waals surface area contributed by atoms with Crippen molar-refractivity contribution in [3.8, 4) is 11.3 Å². The van der Waals surface area contributed by atoms with E-state index in [1.807, 2.05) is 31.2 Å². The van der Waals surface area contributed by atoms with Crippen LogP contribution >= 0.6 is 11.6 Å². The van der Waals surface area contributed by atoms with Crippen molar-refractivity contribution < 1.29 is 4.52 Å². The van der Waals surface area contributed by atoms with E-state index in [2.05, 4.69) is 5.16 Å². The molecule has 0 saturated heterocycles. The van der Waals surface area contributed by atoms with Gasteiger partial charge in [0, 0.05) is 16.1 Å². The van der Waals surface area contributed by atoms with Gasteiger partial charge < -0.3 is 10.3 Å². The summed E-state index contributed by atoms with van der Waals surface area (Å²) in [7, 11) is 0. The molecule has 1 heterocycles. The van der Waals surface area contributed by atoms with Crippen molar-refractivity contribution in [1.82, 2.24) is 5.16 Å². The Morgan fingerprint density at radius 1 is 1.33 bits per heavy atom. The van der Waals surface area contributed by atoms with Gasteiger partial charge in [0.15, 0.2) is 5.76 Å². The van der Waals surface area contributed by atoms with Gasteiger partial charge in [-0.25, -0.2) is 0 Å². The summed E-state index contributed by atoms with van der Waals surface area (Å²) in [5, 5.41) is 4.70. The van der Waals surface area contributed by atoms with Crippen LogP contribution in [0.15, 0.2) is 28.8 Å². The minimum atomic E-state index is 0.367. The molecule has 0 aliphatic rings. The molecule has 2 aromatic rings. The number of hydrogen-bond acceptors (Lipinski definition) is 3. The molecule has 0 amide bonds. The van der Waals surface area contributed by atoms with Crippen LogP contribution in [0.4, 0.5) is 0 Å². The second kappa shape index (κ2) is 4.04. The van der Waals surface area contributed by atoms with Gasteiger partial charge in [0.25, 0.3) is 0 Å². The van der Waals surface area contributed by atoms with E-state index in [1.165, 1.54) is 0 Å². The first kappa shape index (κ1) is 10.2. The summed E-state index contributed by atoms with van der Waals surface area (Å²) in [4.78, 5) is 0. The third-order valence-corrected chi connectivity index (χ3v) is 2.58. The lowest BCUT2D eigenvalue weighted by molar-refractivity contribution is 0.386. The van der Waals surface area contributed by atoms with Crippen molar-refractivity contribution in [2.75, 3.05) is 0 Å². The molecule has 0 radical (unpaired) electrons. The van der Waals surface area contributed by atoms with E-state index < -0.39 is 0 Å². The lowest BCUT2D eigenvalue weighted by Crippen LogP contribution is -1.95. The number of aromatic nitrogens is 1. The van der Waals surface area contributed by atoms with Crippen molar-refractivity contribution in [1.29, 1.82) is 0 Å². The summed E-state index contributed by atoms with van der Waals surface area (Å²) in [6, 6.07) is 7.47. The van der Waals surface area contributed by atoms with Crippen LogP contribution in [-0.2, 0) is 6.54 Å². The van der Waals surface area contributed by atoms with Crippen LogP contribution in [0, 0.1) is 6.92 Å². The molecule has 78 valence electrons. The molecular weight excluding hydrogens is 212 g/mol. The number of benzene rings is 1. The highest BCUT2D eigenvalue weighted by atomic mass is 35.5. The fourth-order valence-corrected chi connectivity index (χ4v) is 1.56. The first-order valence-electron chi connectivity index (χ1n) is 4.63. The van der Waals surface area contributed by atoms with Crippen molar-refractivity contribution >= 4 is 11.6 Å². The molecule has 0 unspecified atom stereocenters. The van der Waals surface area contributed by atoms with Gasteiger partial charge >= 0.3 is 0 Å². The molecule has 0 bridgehead atoms. The number of nitrogens with zero attached hydrogens (tertiary/aromatic N) is 1. The highest BCUT2D eigenvalue weighted by Gasteiger charge is 2.11. The molecule has 3 nitrogen and oxygen atoms in total. The normalized spacial score (nSPS) is 10.6. The molecular formula is C11H11ClN2O. The van der Waals surface area contributed by atoms with Crippen LogP contribution in [0.25, 0.3) is 11.3 Å². The van der Waals surface area contributed by atoms with Gasteiger partial charge in [-0.15, -0.1) is 0 Å². The Morgan fingerprint density at radius 3 is 2.53 bits per heavy atom. The summed E-state index contributed by atoms with van der Waals surface area (Å²) < 4.78 is 5.12. The molecule has 1 aromatic heterocycles. The fourth-order valence-electron chi connectivity index (χ4n) is 1.44.